The van der Waals surface area contributed by atoms with E-state index in [-0.39, 0.29) is 12.4 Å². The van der Waals surface area contributed by atoms with E-state index in [0.717, 1.165) is 0 Å². The number of hydrogen-bond donors (Lipinski definition) is 1. The number of ether oxygens (including phenoxy) is 2. The van der Waals surface area contributed by atoms with Crippen LogP contribution in [0.5, 0.6) is 0 Å². The summed E-state index contributed by atoms with van der Waals surface area (Å²) in [5.41, 5.74) is -1.52. The summed E-state index contributed by atoms with van der Waals surface area (Å²) >= 11 is 0. The van der Waals surface area contributed by atoms with Crippen molar-refractivity contribution in [2.75, 3.05) is 20.8 Å². The van der Waals surface area contributed by atoms with E-state index < -0.39 is 11.7 Å². The summed E-state index contributed by atoms with van der Waals surface area (Å²) in [5, 5.41) is 9.76. The van der Waals surface area contributed by atoms with Crippen LogP contribution >= 0.6 is 0 Å². The van der Waals surface area contributed by atoms with Gasteiger partial charge >= 0.3 is 0 Å². The van der Waals surface area contributed by atoms with E-state index in [4.69, 9.17) is 9.47 Å². The van der Waals surface area contributed by atoms with Crippen molar-refractivity contribution in [3.8, 4) is 0 Å². The van der Waals surface area contributed by atoms with Gasteiger partial charge in [-0.3, -0.25) is 4.79 Å². The molecule has 4 heteroatoms. The molecule has 0 aromatic heterocycles. The molecule has 1 rings (SSSR count). The number of carbonyl (C=O) groups is 1. The van der Waals surface area contributed by atoms with E-state index in [1.54, 1.807) is 0 Å². The molecule has 1 aliphatic carbocycles. The van der Waals surface area contributed by atoms with Gasteiger partial charge in [0.05, 0.1) is 6.61 Å². The molecule has 0 aromatic rings. The van der Waals surface area contributed by atoms with Crippen LogP contribution < -0.4 is 0 Å². The lowest BCUT2D eigenvalue weighted by atomic mass is 9.99. The van der Waals surface area contributed by atoms with Gasteiger partial charge in [-0.25, -0.2) is 0 Å². The molecule has 0 fully saturated rings. The van der Waals surface area contributed by atoms with Crippen molar-refractivity contribution in [1.82, 2.24) is 0 Å². The quantitative estimate of drug-likeness (QED) is 0.624. The van der Waals surface area contributed by atoms with Crippen molar-refractivity contribution in [3.05, 3.63) is 12.2 Å². The number of ketones is 1. The maximum absolute atomic E-state index is 11.2. The zero-order chi connectivity index (χ0) is 9.19. The maximum Gasteiger partial charge on any atom is 0.192 e. The fourth-order valence-electron chi connectivity index (χ4n) is 1.27. The van der Waals surface area contributed by atoms with Crippen LogP contribution in [-0.2, 0) is 14.3 Å². The summed E-state index contributed by atoms with van der Waals surface area (Å²) in [4.78, 5) is 11.2. The first-order valence-electron chi connectivity index (χ1n) is 3.62. The monoisotopic (exact) mass is 172 g/mol. The Morgan fingerprint density at radius 3 is 2.83 bits per heavy atom. The number of aliphatic hydroxyl groups is 1. The first kappa shape index (κ1) is 9.38. The molecule has 0 aliphatic heterocycles. The Kier molecular flexibility index (Phi) is 2.62. The average molecular weight is 172 g/mol. The predicted molar refractivity (Wildman–Crippen MR) is 41.8 cm³/mol. The lowest BCUT2D eigenvalue weighted by molar-refractivity contribution is -0.149. The number of hydrogen-bond acceptors (Lipinski definition) is 4. The normalized spacial score (nSPS) is 34.6. The van der Waals surface area contributed by atoms with Crippen molar-refractivity contribution < 1.29 is 19.4 Å². The third-order valence-corrected chi connectivity index (χ3v) is 1.94. The second-order valence-electron chi connectivity index (χ2n) is 2.74. The van der Waals surface area contributed by atoms with Gasteiger partial charge in [0.25, 0.3) is 0 Å². The van der Waals surface area contributed by atoms with Crippen molar-refractivity contribution in [2.24, 2.45) is 0 Å². The van der Waals surface area contributed by atoms with Crippen LogP contribution in [0.2, 0.25) is 0 Å². The Morgan fingerprint density at radius 2 is 2.33 bits per heavy atom. The minimum absolute atomic E-state index is 0.0443. The fraction of sp³-hybridized carbons (Fsp3) is 0.625. The van der Waals surface area contributed by atoms with Crippen LogP contribution in [-0.4, -0.2) is 43.4 Å². The van der Waals surface area contributed by atoms with Crippen molar-refractivity contribution in [3.63, 3.8) is 0 Å². The van der Waals surface area contributed by atoms with Gasteiger partial charge in [0.1, 0.15) is 6.10 Å². The van der Waals surface area contributed by atoms with E-state index in [2.05, 4.69) is 0 Å². The third kappa shape index (κ3) is 1.29. The second-order valence-corrected chi connectivity index (χ2v) is 2.74. The standard InChI is InChI=1S/C8H12O4/c1-11-5-8(10)6(9)3-4-7(8)12-2/h3-4,7,10H,5H2,1-2H3. The minimum Gasteiger partial charge on any atom is -0.381 e. The Labute approximate surface area is 70.8 Å². The van der Waals surface area contributed by atoms with Crippen molar-refractivity contribution in [2.45, 2.75) is 11.7 Å². The molecule has 0 saturated carbocycles. The molecule has 1 aliphatic rings. The van der Waals surface area contributed by atoms with Crippen LogP contribution in [0.1, 0.15) is 0 Å². The van der Waals surface area contributed by atoms with Gasteiger partial charge in [-0.2, -0.15) is 0 Å². The molecule has 4 nitrogen and oxygen atoms in total. The van der Waals surface area contributed by atoms with Crippen LogP contribution in [0.15, 0.2) is 12.2 Å². The number of methoxy groups -OCH3 is 2. The summed E-state index contributed by atoms with van der Waals surface area (Å²) in [5.74, 6) is -0.365. The lowest BCUT2D eigenvalue weighted by Gasteiger charge is -2.26. The SMILES string of the molecule is COCC1(O)C(=O)C=CC1OC. The summed E-state index contributed by atoms with van der Waals surface area (Å²) in [6.07, 6.45) is 2.25. The molecule has 0 bridgehead atoms. The predicted octanol–water partition coefficient (Wildman–Crippen LogP) is -0.482. The molecule has 2 unspecified atom stereocenters. The van der Waals surface area contributed by atoms with Crippen LogP contribution in [0.4, 0.5) is 0 Å². The molecule has 68 valence electrons. The Morgan fingerprint density at radius 1 is 1.67 bits per heavy atom. The third-order valence-electron chi connectivity index (χ3n) is 1.94. The molecule has 2 atom stereocenters. The molecule has 1 N–H and O–H groups in total. The first-order valence-corrected chi connectivity index (χ1v) is 3.62. The van der Waals surface area contributed by atoms with Gasteiger partial charge < -0.3 is 14.6 Å². The highest BCUT2D eigenvalue weighted by atomic mass is 16.5. The molecule has 0 heterocycles. The zero-order valence-corrected chi connectivity index (χ0v) is 7.11. The second kappa shape index (κ2) is 3.35. The van der Waals surface area contributed by atoms with Crippen LogP contribution in [0.3, 0.4) is 0 Å². The Balaban J connectivity index is 2.78. The Bertz CT molecular complexity index is 211. The smallest absolute Gasteiger partial charge is 0.192 e. The van der Waals surface area contributed by atoms with Crippen molar-refractivity contribution in [1.29, 1.82) is 0 Å². The minimum atomic E-state index is -1.52. The molecule has 0 saturated heterocycles. The zero-order valence-electron chi connectivity index (χ0n) is 7.11. The first-order chi connectivity index (χ1) is 5.65. The van der Waals surface area contributed by atoms with E-state index in [0.29, 0.717) is 0 Å². The highest BCUT2D eigenvalue weighted by molar-refractivity contribution is 6.00. The van der Waals surface area contributed by atoms with E-state index in [1.165, 1.54) is 26.4 Å². The molecule has 0 aromatic carbocycles. The highest BCUT2D eigenvalue weighted by Crippen LogP contribution is 2.23. The fourth-order valence-corrected chi connectivity index (χ4v) is 1.27. The summed E-state index contributed by atoms with van der Waals surface area (Å²) in [6.45, 7) is -0.0443. The summed E-state index contributed by atoms with van der Waals surface area (Å²) in [6, 6.07) is 0. The lowest BCUT2D eigenvalue weighted by Crippen LogP contribution is -2.49. The van der Waals surface area contributed by atoms with Gasteiger partial charge in [0.2, 0.25) is 0 Å². The number of rotatable bonds is 3. The average Bonchev–Trinajstić information content (AvgIpc) is 2.30. The molecular formula is C8H12O4. The van der Waals surface area contributed by atoms with Crippen LogP contribution in [0, 0.1) is 0 Å². The van der Waals surface area contributed by atoms with Crippen molar-refractivity contribution >= 4 is 5.78 Å². The van der Waals surface area contributed by atoms with Gasteiger partial charge in [0.15, 0.2) is 11.4 Å². The molecule has 0 amide bonds. The molecule has 0 spiro atoms. The van der Waals surface area contributed by atoms with E-state index in [1.807, 2.05) is 0 Å². The Hall–Kier alpha value is -0.710. The van der Waals surface area contributed by atoms with Gasteiger partial charge in [-0.05, 0) is 12.2 Å². The molecular weight excluding hydrogens is 160 g/mol. The largest absolute Gasteiger partial charge is 0.381 e. The summed E-state index contributed by atoms with van der Waals surface area (Å²) in [7, 11) is 2.87. The topological polar surface area (TPSA) is 55.8 Å². The highest BCUT2D eigenvalue weighted by Gasteiger charge is 2.45. The van der Waals surface area contributed by atoms with Gasteiger partial charge in [-0.15, -0.1) is 0 Å². The van der Waals surface area contributed by atoms with Crippen LogP contribution in [0.25, 0.3) is 0 Å². The van der Waals surface area contributed by atoms with Gasteiger partial charge in [0, 0.05) is 14.2 Å². The van der Waals surface area contributed by atoms with Gasteiger partial charge in [-0.1, -0.05) is 0 Å². The number of carbonyl (C=O) groups excluding carboxylic acids is 1. The van der Waals surface area contributed by atoms with E-state index in [9.17, 15) is 9.90 Å². The molecule has 0 radical (unpaired) electrons. The maximum atomic E-state index is 11.2. The molecule has 12 heavy (non-hydrogen) atoms. The van der Waals surface area contributed by atoms with E-state index >= 15 is 0 Å². The summed E-state index contributed by atoms with van der Waals surface area (Å²) < 4.78 is 9.65.